The Bertz CT molecular complexity index is 1490. The minimum Gasteiger partial charge on any atom is -0.465 e. The van der Waals surface area contributed by atoms with Gasteiger partial charge in [0.1, 0.15) is 5.00 Å². The summed E-state index contributed by atoms with van der Waals surface area (Å²) in [5, 5.41) is 3.27. The van der Waals surface area contributed by atoms with Crippen LogP contribution in [-0.4, -0.2) is 31.6 Å². The maximum absolute atomic E-state index is 13.1. The molecule has 7 nitrogen and oxygen atoms in total. The van der Waals surface area contributed by atoms with Crippen molar-refractivity contribution < 1.29 is 28.6 Å². The van der Waals surface area contributed by atoms with Crippen LogP contribution in [0.1, 0.15) is 52.6 Å². The van der Waals surface area contributed by atoms with Crippen molar-refractivity contribution in [3.8, 4) is 11.5 Å². The largest absolute Gasteiger partial charge is 0.465 e. The lowest BCUT2D eigenvalue weighted by Crippen LogP contribution is -2.14. The monoisotopic (exact) mass is 513 g/mol. The Morgan fingerprint density at radius 3 is 2.30 bits per heavy atom. The molecule has 0 saturated heterocycles. The number of rotatable bonds is 7. The van der Waals surface area contributed by atoms with Gasteiger partial charge in [-0.1, -0.05) is 48.5 Å². The number of anilines is 1. The summed E-state index contributed by atoms with van der Waals surface area (Å²) in [6.07, 6.45) is 0.545. The van der Waals surface area contributed by atoms with Crippen LogP contribution < -0.4 is 14.8 Å². The van der Waals surface area contributed by atoms with Crippen molar-refractivity contribution in [3.05, 3.63) is 111 Å². The topological polar surface area (TPSA) is 90.9 Å². The number of esters is 1. The van der Waals surface area contributed by atoms with E-state index in [4.69, 9.17) is 14.2 Å². The smallest absolute Gasteiger partial charge is 0.341 e. The van der Waals surface area contributed by atoms with Crippen molar-refractivity contribution in [2.75, 3.05) is 19.2 Å². The summed E-state index contributed by atoms with van der Waals surface area (Å²) in [7, 11) is 1.31. The minimum atomic E-state index is -0.523. The quantitative estimate of drug-likeness (QED) is 0.254. The molecule has 0 bridgehead atoms. The first-order valence-electron chi connectivity index (χ1n) is 11.5. The molecule has 1 aliphatic heterocycles. The number of nitrogens with one attached hydrogen (secondary N) is 1. The molecule has 2 heterocycles. The fraction of sp³-hybridized carbons (Fsp3) is 0.138. The lowest BCUT2D eigenvalue weighted by molar-refractivity contribution is 0.0601. The molecule has 0 atom stereocenters. The molecule has 0 fully saturated rings. The first-order valence-corrected chi connectivity index (χ1v) is 12.4. The van der Waals surface area contributed by atoms with Crippen LogP contribution in [0.15, 0.2) is 72.8 Å². The number of ether oxygens (including phenoxy) is 3. The highest BCUT2D eigenvalue weighted by Crippen LogP contribution is 2.38. The summed E-state index contributed by atoms with van der Waals surface area (Å²) < 4.78 is 15.8. The van der Waals surface area contributed by atoms with Gasteiger partial charge in [0.15, 0.2) is 17.3 Å². The van der Waals surface area contributed by atoms with E-state index >= 15 is 0 Å². The number of fused-ring (bicyclic) bond motifs is 1. The zero-order chi connectivity index (χ0) is 25.9. The van der Waals surface area contributed by atoms with E-state index in [1.807, 2.05) is 31.2 Å². The Morgan fingerprint density at radius 2 is 1.57 bits per heavy atom. The maximum atomic E-state index is 13.1. The summed E-state index contributed by atoms with van der Waals surface area (Å²) in [5.74, 6) is 0.348. The third-order valence-corrected chi connectivity index (χ3v) is 7.32. The molecule has 4 aromatic rings. The second-order valence-electron chi connectivity index (χ2n) is 8.44. The fourth-order valence-electron chi connectivity index (χ4n) is 4.11. The van der Waals surface area contributed by atoms with Crippen LogP contribution in [0.4, 0.5) is 5.00 Å². The molecule has 1 aliphatic rings. The van der Waals surface area contributed by atoms with E-state index < -0.39 is 5.97 Å². The second-order valence-corrected chi connectivity index (χ2v) is 9.54. The second kappa shape index (κ2) is 10.3. The number of benzene rings is 3. The van der Waals surface area contributed by atoms with Crippen LogP contribution in [0.5, 0.6) is 11.5 Å². The lowest BCUT2D eigenvalue weighted by atomic mass is 10.0. The highest BCUT2D eigenvalue weighted by Gasteiger charge is 2.24. The Balaban J connectivity index is 1.37. The van der Waals surface area contributed by atoms with E-state index in [9.17, 15) is 14.4 Å². The summed E-state index contributed by atoms with van der Waals surface area (Å²) in [6, 6.07) is 21.1. The van der Waals surface area contributed by atoms with Gasteiger partial charge in [-0.05, 0) is 42.3 Å². The van der Waals surface area contributed by atoms with Crippen LogP contribution in [0.2, 0.25) is 0 Å². The molecule has 186 valence electrons. The number of thiophene rings is 1. The first kappa shape index (κ1) is 24.3. The average molecular weight is 514 g/mol. The number of methoxy groups -OCH3 is 1. The molecule has 0 saturated carbocycles. The summed E-state index contributed by atoms with van der Waals surface area (Å²) in [4.78, 5) is 39.2. The Morgan fingerprint density at radius 1 is 0.892 bits per heavy atom. The first-order chi connectivity index (χ1) is 17.9. The SMILES string of the molecule is COC(=O)c1c(NC(=O)c2ccc(C(=O)c3ccccc3)cc2)sc(Cc2ccc3c(c2)OCO3)c1C. The van der Waals surface area contributed by atoms with Crippen LogP contribution in [-0.2, 0) is 11.2 Å². The van der Waals surface area contributed by atoms with Crippen molar-refractivity contribution in [1.29, 1.82) is 0 Å². The van der Waals surface area contributed by atoms with Crippen molar-refractivity contribution >= 4 is 34.0 Å². The number of hydrogen-bond donors (Lipinski definition) is 1. The molecule has 8 heteroatoms. The molecule has 37 heavy (non-hydrogen) atoms. The molecule has 1 amide bonds. The zero-order valence-electron chi connectivity index (χ0n) is 20.2. The van der Waals surface area contributed by atoms with Crippen LogP contribution in [0.25, 0.3) is 0 Å². The van der Waals surface area contributed by atoms with Gasteiger partial charge in [0, 0.05) is 28.0 Å². The van der Waals surface area contributed by atoms with E-state index in [-0.39, 0.29) is 18.5 Å². The normalized spacial score (nSPS) is 11.7. The summed E-state index contributed by atoms with van der Waals surface area (Å²) in [5.41, 5.74) is 3.48. The number of carbonyl (C=O) groups excluding carboxylic acids is 3. The van der Waals surface area contributed by atoms with Crippen molar-refractivity contribution in [1.82, 2.24) is 0 Å². The Kier molecular flexibility index (Phi) is 6.74. The predicted molar refractivity (Wildman–Crippen MR) is 140 cm³/mol. The number of ketones is 1. The molecule has 0 spiro atoms. The van der Waals surface area contributed by atoms with Gasteiger partial charge in [-0.2, -0.15) is 0 Å². The number of carbonyl (C=O) groups is 3. The summed E-state index contributed by atoms with van der Waals surface area (Å²) in [6.45, 7) is 2.03. The van der Waals surface area contributed by atoms with Gasteiger partial charge in [-0.3, -0.25) is 9.59 Å². The third kappa shape index (κ3) is 4.96. The van der Waals surface area contributed by atoms with Gasteiger partial charge < -0.3 is 19.5 Å². The van der Waals surface area contributed by atoms with E-state index in [0.717, 1.165) is 16.0 Å². The van der Waals surface area contributed by atoms with Gasteiger partial charge >= 0.3 is 5.97 Å². The molecule has 5 rings (SSSR count). The van der Waals surface area contributed by atoms with Gasteiger partial charge in [0.05, 0.1) is 12.7 Å². The Hall–Kier alpha value is -4.43. The molecule has 1 aromatic heterocycles. The molecule has 0 unspecified atom stereocenters. The standard InChI is InChI=1S/C29H23NO6S/c1-17-24(15-18-8-13-22-23(14-18)36-16-35-22)37-28(25(17)29(33)34-2)30-27(32)21-11-9-20(10-12-21)26(31)19-6-4-3-5-7-19/h3-14H,15-16H2,1-2H3,(H,30,32). The number of hydrogen-bond acceptors (Lipinski definition) is 7. The molecule has 1 N–H and O–H groups in total. The molecule has 3 aromatic carbocycles. The van der Waals surface area contributed by atoms with E-state index in [2.05, 4.69) is 5.32 Å². The third-order valence-electron chi connectivity index (χ3n) is 6.11. The minimum absolute atomic E-state index is 0.123. The fourth-order valence-corrected chi connectivity index (χ4v) is 5.33. The molecule has 0 aliphatic carbocycles. The van der Waals surface area contributed by atoms with Gasteiger partial charge in [-0.15, -0.1) is 11.3 Å². The van der Waals surface area contributed by atoms with Crippen LogP contribution in [0, 0.1) is 6.92 Å². The highest BCUT2D eigenvalue weighted by molar-refractivity contribution is 7.17. The van der Waals surface area contributed by atoms with Gasteiger partial charge in [0.25, 0.3) is 5.91 Å². The predicted octanol–water partition coefficient (Wildman–Crippen LogP) is 5.65. The van der Waals surface area contributed by atoms with Crippen molar-refractivity contribution in [2.24, 2.45) is 0 Å². The number of amides is 1. The Labute approximate surface area is 217 Å². The van der Waals surface area contributed by atoms with Crippen LogP contribution >= 0.6 is 11.3 Å². The average Bonchev–Trinajstić information content (AvgIpc) is 3.52. The van der Waals surface area contributed by atoms with E-state index in [1.165, 1.54) is 18.4 Å². The van der Waals surface area contributed by atoms with E-state index in [0.29, 0.717) is 45.2 Å². The van der Waals surface area contributed by atoms with Gasteiger partial charge in [-0.25, -0.2) is 4.79 Å². The van der Waals surface area contributed by atoms with Crippen molar-refractivity contribution in [2.45, 2.75) is 13.3 Å². The van der Waals surface area contributed by atoms with Crippen molar-refractivity contribution in [3.63, 3.8) is 0 Å². The molecular formula is C29H23NO6S. The molecule has 0 radical (unpaired) electrons. The van der Waals surface area contributed by atoms with Gasteiger partial charge in [0.2, 0.25) is 6.79 Å². The van der Waals surface area contributed by atoms with Crippen LogP contribution in [0.3, 0.4) is 0 Å². The zero-order valence-corrected chi connectivity index (χ0v) is 21.0. The van der Waals surface area contributed by atoms with E-state index in [1.54, 1.807) is 48.5 Å². The maximum Gasteiger partial charge on any atom is 0.341 e. The molecular weight excluding hydrogens is 490 g/mol. The summed E-state index contributed by atoms with van der Waals surface area (Å²) >= 11 is 1.33. The lowest BCUT2D eigenvalue weighted by Gasteiger charge is -2.07. The highest BCUT2D eigenvalue weighted by atomic mass is 32.1.